The van der Waals surface area contributed by atoms with Gasteiger partial charge in [-0.25, -0.2) is 4.79 Å². The summed E-state index contributed by atoms with van der Waals surface area (Å²) in [5.41, 5.74) is 0.725. The van der Waals surface area contributed by atoms with E-state index in [1.54, 1.807) is 0 Å². The first-order valence-electron chi connectivity index (χ1n) is 19.1. The van der Waals surface area contributed by atoms with Crippen LogP contribution in [0.4, 0.5) is 4.79 Å². The number of ether oxygens (including phenoxy) is 2. The Morgan fingerprint density at radius 3 is 2.40 bits per heavy atom. The molecule has 7 nitrogen and oxygen atoms in total. The number of rotatable bonds is 6. The molecular formula is C38H62N2O5. The SMILES string of the molecule is C[C@H]1CC[C@@]2(OC1)O[C@H]1C[C@H]3[C@@H]4CC[C@@H]5C[C@H](NC(=O)N(CCCC(=O)O)C6CCCCC6)CC[C@]5(C)[C@H]4CC[C@]3(C)[C@H]1[C@@H]2C. The van der Waals surface area contributed by atoms with Crippen LogP contribution in [-0.4, -0.2) is 59.1 Å². The molecule has 0 aromatic carbocycles. The standard InChI is InChI=1S/C38H62N2O5/c1-24-14-19-38(44-23-24)25(2)34-32(45-38)22-31-29-13-12-26-21-27(15-17-36(26,3)30(29)16-18-37(31,34)4)39-35(43)40(20-8-11-33(41)42)28-9-6-5-7-10-28/h24-32,34H,5-23H2,1-4H3,(H,39,43)(H,41,42)/t24-,25-,26+,27+,29+,30-,31-,32-,34-,36-,37-,38+/m0/s1. The number of carbonyl (C=O) groups excluding carboxylic acids is 1. The van der Waals surface area contributed by atoms with Crippen LogP contribution in [0.25, 0.3) is 0 Å². The summed E-state index contributed by atoms with van der Waals surface area (Å²) in [6.45, 7) is 11.4. The first-order valence-corrected chi connectivity index (χ1v) is 19.1. The van der Waals surface area contributed by atoms with Gasteiger partial charge in [-0.05, 0) is 123 Å². The Morgan fingerprint density at radius 1 is 0.889 bits per heavy atom. The summed E-state index contributed by atoms with van der Waals surface area (Å²) in [7, 11) is 0. The fourth-order valence-electron chi connectivity index (χ4n) is 12.9. The van der Waals surface area contributed by atoms with E-state index in [0.29, 0.717) is 53.6 Å². The van der Waals surface area contributed by atoms with Crippen LogP contribution in [0, 0.1) is 52.3 Å². The molecule has 0 aromatic heterocycles. The van der Waals surface area contributed by atoms with Gasteiger partial charge >= 0.3 is 12.0 Å². The maximum atomic E-state index is 13.7. The van der Waals surface area contributed by atoms with E-state index in [1.807, 2.05) is 4.90 Å². The van der Waals surface area contributed by atoms with Crippen molar-refractivity contribution in [1.29, 1.82) is 0 Å². The summed E-state index contributed by atoms with van der Waals surface area (Å²) < 4.78 is 13.5. The highest BCUT2D eigenvalue weighted by Crippen LogP contribution is 2.71. The average molecular weight is 627 g/mol. The third kappa shape index (κ3) is 5.56. The summed E-state index contributed by atoms with van der Waals surface area (Å²) in [6.07, 6.45) is 18.9. The monoisotopic (exact) mass is 626 g/mol. The van der Waals surface area contributed by atoms with Crippen LogP contribution in [0.1, 0.15) is 137 Å². The number of hydrogen-bond donors (Lipinski definition) is 2. The molecule has 5 aliphatic carbocycles. The van der Waals surface area contributed by atoms with E-state index in [1.165, 1.54) is 64.2 Å². The van der Waals surface area contributed by atoms with Gasteiger partial charge in [0.1, 0.15) is 0 Å². The summed E-state index contributed by atoms with van der Waals surface area (Å²) in [4.78, 5) is 26.9. The second kappa shape index (κ2) is 12.3. The van der Waals surface area contributed by atoms with E-state index in [0.717, 1.165) is 56.5 Å². The van der Waals surface area contributed by atoms with Crippen molar-refractivity contribution < 1.29 is 24.2 Å². The third-order valence-electron chi connectivity index (χ3n) is 15.3. The molecule has 2 heterocycles. The van der Waals surface area contributed by atoms with Gasteiger partial charge in [0.2, 0.25) is 0 Å². The van der Waals surface area contributed by atoms with Crippen molar-refractivity contribution in [3.8, 4) is 0 Å². The quantitative estimate of drug-likeness (QED) is 0.312. The first-order chi connectivity index (χ1) is 21.5. The summed E-state index contributed by atoms with van der Waals surface area (Å²) >= 11 is 0. The molecule has 7 aliphatic rings. The van der Waals surface area contributed by atoms with Crippen molar-refractivity contribution in [2.75, 3.05) is 13.2 Å². The molecule has 1 spiro atoms. The van der Waals surface area contributed by atoms with Gasteiger partial charge in [0.15, 0.2) is 5.79 Å². The first kappa shape index (κ1) is 32.2. The Labute approximate surface area is 272 Å². The Balaban J connectivity index is 0.993. The molecule has 45 heavy (non-hydrogen) atoms. The molecule has 5 saturated carbocycles. The molecule has 12 atom stereocenters. The summed E-state index contributed by atoms with van der Waals surface area (Å²) in [5, 5.41) is 12.7. The molecule has 2 saturated heterocycles. The lowest BCUT2D eigenvalue weighted by Gasteiger charge is -2.61. The van der Waals surface area contributed by atoms with Gasteiger partial charge in [-0.1, -0.05) is 47.0 Å². The average Bonchev–Trinajstić information content (AvgIpc) is 3.46. The molecular weight excluding hydrogens is 564 g/mol. The number of nitrogens with one attached hydrogen (secondary N) is 1. The zero-order chi connectivity index (χ0) is 31.6. The lowest BCUT2D eigenvalue weighted by molar-refractivity contribution is -0.273. The van der Waals surface area contributed by atoms with Gasteiger partial charge in [-0.15, -0.1) is 0 Å². The van der Waals surface area contributed by atoms with Crippen molar-refractivity contribution in [2.24, 2.45) is 52.3 Å². The number of urea groups is 1. The van der Waals surface area contributed by atoms with Gasteiger partial charge < -0.3 is 24.8 Å². The van der Waals surface area contributed by atoms with E-state index in [2.05, 4.69) is 33.0 Å². The molecule has 0 bridgehead atoms. The second-order valence-electron chi connectivity index (χ2n) is 17.6. The fourth-order valence-corrected chi connectivity index (χ4v) is 12.9. The lowest BCUT2D eigenvalue weighted by atomic mass is 9.44. The van der Waals surface area contributed by atoms with Gasteiger partial charge in [-0.3, -0.25) is 4.79 Å². The predicted molar refractivity (Wildman–Crippen MR) is 174 cm³/mol. The van der Waals surface area contributed by atoms with Crippen LogP contribution < -0.4 is 5.32 Å². The number of amides is 2. The van der Waals surface area contributed by atoms with Crippen molar-refractivity contribution in [3.63, 3.8) is 0 Å². The van der Waals surface area contributed by atoms with Gasteiger partial charge in [-0.2, -0.15) is 0 Å². The number of nitrogens with zero attached hydrogens (tertiary/aromatic N) is 1. The molecule has 7 rings (SSSR count). The second-order valence-corrected chi connectivity index (χ2v) is 17.6. The maximum absolute atomic E-state index is 13.7. The van der Waals surface area contributed by atoms with Crippen molar-refractivity contribution in [1.82, 2.24) is 10.2 Å². The minimum absolute atomic E-state index is 0.0591. The highest BCUT2D eigenvalue weighted by molar-refractivity contribution is 5.75. The van der Waals surface area contributed by atoms with E-state index >= 15 is 0 Å². The predicted octanol–water partition coefficient (Wildman–Crippen LogP) is 8.01. The number of aliphatic carboxylic acids is 1. The Morgan fingerprint density at radius 2 is 1.67 bits per heavy atom. The van der Waals surface area contributed by atoms with E-state index < -0.39 is 5.97 Å². The number of carboxylic acids is 1. The maximum Gasteiger partial charge on any atom is 0.317 e. The van der Waals surface area contributed by atoms with Gasteiger partial charge in [0.05, 0.1) is 12.7 Å². The van der Waals surface area contributed by atoms with Crippen LogP contribution >= 0.6 is 0 Å². The molecule has 7 heteroatoms. The number of fused-ring (bicyclic) bond motifs is 7. The van der Waals surface area contributed by atoms with E-state index in [4.69, 9.17) is 9.47 Å². The third-order valence-corrected chi connectivity index (χ3v) is 15.3. The Bertz CT molecular complexity index is 1100. The normalized spacial score (nSPS) is 47.8. The highest BCUT2D eigenvalue weighted by atomic mass is 16.7. The summed E-state index contributed by atoms with van der Waals surface area (Å²) in [5.74, 6) is 3.66. The Hall–Kier alpha value is -1.34. The zero-order valence-corrected chi connectivity index (χ0v) is 28.7. The fraction of sp³-hybridized carbons (Fsp3) is 0.947. The molecule has 0 radical (unpaired) electrons. The zero-order valence-electron chi connectivity index (χ0n) is 28.7. The number of hydrogen-bond acceptors (Lipinski definition) is 4. The molecule has 7 fully saturated rings. The van der Waals surface area contributed by atoms with E-state index in [-0.39, 0.29) is 30.3 Å². The Kier molecular flexibility index (Phi) is 8.79. The number of carboxylic acid groups (broad SMARTS) is 1. The van der Waals surface area contributed by atoms with Crippen molar-refractivity contribution in [3.05, 3.63) is 0 Å². The van der Waals surface area contributed by atoms with Crippen LogP contribution in [0.3, 0.4) is 0 Å². The van der Waals surface area contributed by atoms with Crippen molar-refractivity contribution >= 4 is 12.0 Å². The lowest BCUT2D eigenvalue weighted by Crippen LogP contribution is -2.57. The molecule has 0 unspecified atom stereocenters. The molecule has 2 N–H and O–H groups in total. The minimum atomic E-state index is -0.774. The van der Waals surface area contributed by atoms with E-state index in [9.17, 15) is 14.7 Å². The van der Waals surface area contributed by atoms with Crippen LogP contribution in [0.5, 0.6) is 0 Å². The summed E-state index contributed by atoms with van der Waals surface area (Å²) in [6, 6.07) is 0.555. The highest BCUT2D eigenvalue weighted by Gasteiger charge is 2.69. The van der Waals surface area contributed by atoms with Crippen LogP contribution in [-0.2, 0) is 14.3 Å². The largest absolute Gasteiger partial charge is 0.481 e. The molecule has 2 aliphatic heterocycles. The topological polar surface area (TPSA) is 88.1 Å². The smallest absolute Gasteiger partial charge is 0.317 e. The molecule has 254 valence electrons. The van der Waals surface area contributed by atoms with Gasteiger partial charge in [0, 0.05) is 37.4 Å². The minimum Gasteiger partial charge on any atom is -0.481 e. The van der Waals surface area contributed by atoms with Gasteiger partial charge in [0.25, 0.3) is 0 Å². The molecule has 2 amide bonds. The number of carbonyl (C=O) groups is 2. The molecule has 0 aromatic rings. The van der Waals surface area contributed by atoms with Crippen LogP contribution in [0.2, 0.25) is 0 Å². The van der Waals surface area contributed by atoms with Crippen molar-refractivity contribution in [2.45, 2.75) is 161 Å². The van der Waals surface area contributed by atoms with Crippen LogP contribution in [0.15, 0.2) is 0 Å².